The van der Waals surface area contributed by atoms with E-state index in [9.17, 15) is 0 Å². The van der Waals surface area contributed by atoms with Gasteiger partial charge in [0.1, 0.15) is 17.7 Å². The average molecular weight is 278 g/mol. The summed E-state index contributed by atoms with van der Waals surface area (Å²) in [6.45, 7) is 0.857. The van der Waals surface area contributed by atoms with Gasteiger partial charge in [-0.3, -0.25) is 0 Å². The molecule has 20 heavy (non-hydrogen) atoms. The number of aromatic nitrogens is 2. The average Bonchev–Trinajstić information content (AvgIpc) is 3.07. The van der Waals surface area contributed by atoms with Gasteiger partial charge in [0.05, 0.1) is 11.4 Å². The molecular weight excluding hydrogens is 268 g/mol. The molecule has 0 saturated carbocycles. The number of nitrogens with zero attached hydrogens (tertiary/aromatic N) is 4. The highest BCUT2D eigenvalue weighted by Gasteiger charge is 2.21. The van der Waals surface area contributed by atoms with Crippen molar-refractivity contribution in [2.75, 3.05) is 5.75 Å². The van der Waals surface area contributed by atoms with Gasteiger partial charge in [-0.2, -0.15) is 10.5 Å². The Morgan fingerprint density at radius 2 is 2.00 bits per heavy atom. The first-order valence-electron chi connectivity index (χ1n) is 6.14. The predicted octanol–water partition coefficient (Wildman–Crippen LogP) is 3.09. The third-order valence-electron chi connectivity index (χ3n) is 3.09. The Labute approximate surface area is 121 Å². The first-order valence-corrected chi connectivity index (χ1v) is 7.12. The molecule has 96 valence electrons. The van der Waals surface area contributed by atoms with Crippen LogP contribution in [0.5, 0.6) is 0 Å². The molecule has 1 aliphatic heterocycles. The molecular formula is C15H10N4S. The molecule has 1 aliphatic rings. The first-order chi connectivity index (χ1) is 9.83. The minimum absolute atomic E-state index is 0.0989. The lowest BCUT2D eigenvalue weighted by Crippen LogP contribution is -1.97. The maximum atomic E-state index is 8.96. The zero-order valence-electron chi connectivity index (χ0n) is 10.6. The number of fused-ring (bicyclic) bond motifs is 1. The van der Waals surface area contributed by atoms with Crippen molar-refractivity contribution in [3.8, 4) is 23.4 Å². The molecule has 0 radical (unpaired) electrons. The summed E-state index contributed by atoms with van der Waals surface area (Å²) in [6, 6.07) is 13.7. The molecule has 0 spiro atoms. The lowest BCUT2D eigenvalue weighted by molar-refractivity contribution is 0.713. The molecule has 1 aromatic carbocycles. The van der Waals surface area contributed by atoms with Gasteiger partial charge < -0.3 is 4.57 Å². The van der Waals surface area contributed by atoms with Gasteiger partial charge >= 0.3 is 0 Å². The van der Waals surface area contributed by atoms with Crippen LogP contribution in [0.2, 0.25) is 0 Å². The molecule has 0 bridgehead atoms. The molecule has 0 atom stereocenters. The fraction of sp³-hybridized carbons (Fsp3) is 0.133. The molecule has 0 unspecified atom stereocenters. The van der Waals surface area contributed by atoms with E-state index in [4.69, 9.17) is 10.5 Å². The Morgan fingerprint density at radius 1 is 1.25 bits per heavy atom. The molecule has 0 N–H and O–H groups in total. The topological polar surface area (TPSA) is 65.4 Å². The molecule has 0 amide bonds. The molecule has 0 fully saturated rings. The first kappa shape index (κ1) is 12.5. The van der Waals surface area contributed by atoms with Crippen molar-refractivity contribution in [3.63, 3.8) is 0 Å². The molecule has 2 heterocycles. The third kappa shape index (κ3) is 2.09. The second-order valence-electron chi connectivity index (χ2n) is 4.28. The lowest BCUT2D eigenvalue weighted by atomic mass is 10.1. The van der Waals surface area contributed by atoms with Gasteiger partial charge in [-0.1, -0.05) is 42.1 Å². The summed E-state index contributed by atoms with van der Waals surface area (Å²) in [5.41, 5.74) is 2.77. The van der Waals surface area contributed by atoms with Crippen LogP contribution in [0, 0.1) is 22.7 Å². The van der Waals surface area contributed by atoms with E-state index in [-0.39, 0.29) is 5.57 Å². The Morgan fingerprint density at radius 3 is 2.70 bits per heavy atom. The quantitative estimate of drug-likeness (QED) is 0.792. The summed E-state index contributed by atoms with van der Waals surface area (Å²) < 4.78 is 2.07. The Kier molecular flexibility index (Phi) is 3.28. The van der Waals surface area contributed by atoms with Crippen LogP contribution in [0.25, 0.3) is 17.3 Å². The van der Waals surface area contributed by atoms with Gasteiger partial charge in [0.25, 0.3) is 0 Å². The number of rotatable bonds is 2. The summed E-state index contributed by atoms with van der Waals surface area (Å²) >= 11 is 1.70. The minimum Gasteiger partial charge on any atom is -0.318 e. The standard InChI is InChI=1S/C15H10N4S/c16-9-11(10-17)8-13-14(12-4-2-1-3-5-12)18-15-19(13)6-7-20-15/h1-5,8H,6-7H2. The van der Waals surface area contributed by atoms with Crippen LogP contribution >= 0.6 is 11.8 Å². The maximum absolute atomic E-state index is 8.96. The number of benzene rings is 1. The number of hydrogen-bond acceptors (Lipinski definition) is 4. The van der Waals surface area contributed by atoms with Gasteiger partial charge in [-0.05, 0) is 6.08 Å². The Bertz CT molecular complexity index is 744. The van der Waals surface area contributed by atoms with E-state index in [1.54, 1.807) is 17.8 Å². The van der Waals surface area contributed by atoms with E-state index < -0.39 is 0 Å². The zero-order chi connectivity index (χ0) is 13.9. The summed E-state index contributed by atoms with van der Waals surface area (Å²) in [6.07, 6.45) is 1.63. The lowest BCUT2D eigenvalue weighted by Gasteiger charge is -2.03. The highest BCUT2D eigenvalue weighted by molar-refractivity contribution is 7.99. The van der Waals surface area contributed by atoms with E-state index in [0.717, 1.165) is 34.4 Å². The Balaban J connectivity index is 2.20. The summed E-state index contributed by atoms with van der Waals surface area (Å²) in [5, 5.41) is 18.9. The van der Waals surface area contributed by atoms with Gasteiger partial charge in [-0.25, -0.2) is 4.98 Å². The summed E-state index contributed by atoms with van der Waals surface area (Å²) in [4.78, 5) is 4.65. The van der Waals surface area contributed by atoms with Crippen LogP contribution in [0.4, 0.5) is 0 Å². The highest BCUT2D eigenvalue weighted by Crippen LogP contribution is 2.34. The van der Waals surface area contributed by atoms with Gasteiger partial charge in [0, 0.05) is 17.9 Å². The second-order valence-corrected chi connectivity index (χ2v) is 5.34. The van der Waals surface area contributed by atoms with Crippen molar-refractivity contribution >= 4 is 17.8 Å². The Hall–Kier alpha value is -2.50. The molecule has 5 heteroatoms. The number of hydrogen-bond donors (Lipinski definition) is 0. The predicted molar refractivity (Wildman–Crippen MR) is 77.6 cm³/mol. The highest BCUT2D eigenvalue weighted by atomic mass is 32.2. The molecule has 0 saturated heterocycles. The van der Waals surface area contributed by atoms with Gasteiger partial charge in [0.15, 0.2) is 5.16 Å². The second kappa shape index (κ2) is 5.24. The smallest absolute Gasteiger partial charge is 0.169 e. The van der Waals surface area contributed by atoms with Crippen LogP contribution in [-0.2, 0) is 6.54 Å². The van der Waals surface area contributed by atoms with E-state index in [0.29, 0.717) is 0 Å². The van der Waals surface area contributed by atoms with Crippen molar-refractivity contribution in [1.29, 1.82) is 10.5 Å². The monoisotopic (exact) mass is 278 g/mol. The molecule has 3 rings (SSSR count). The molecule has 2 aromatic rings. The zero-order valence-corrected chi connectivity index (χ0v) is 11.4. The van der Waals surface area contributed by atoms with Crippen molar-refractivity contribution in [1.82, 2.24) is 9.55 Å². The summed E-state index contributed by atoms with van der Waals surface area (Å²) in [5.74, 6) is 0.979. The fourth-order valence-corrected chi connectivity index (χ4v) is 3.14. The molecule has 1 aromatic heterocycles. The van der Waals surface area contributed by atoms with E-state index >= 15 is 0 Å². The minimum atomic E-state index is 0.0989. The van der Waals surface area contributed by atoms with Crippen LogP contribution < -0.4 is 0 Å². The van der Waals surface area contributed by atoms with Gasteiger partial charge in [-0.15, -0.1) is 0 Å². The molecule has 0 aliphatic carbocycles. The van der Waals surface area contributed by atoms with Crippen molar-refractivity contribution in [3.05, 3.63) is 41.6 Å². The van der Waals surface area contributed by atoms with Crippen molar-refractivity contribution in [2.24, 2.45) is 0 Å². The largest absolute Gasteiger partial charge is 0.318 e. The van der Waals surface area contributed by atoms with Crippen LogP contribution in [0.15, 0.2) is 41.1 Å². The van der Waals surface area contributed by atoms with E-state index in [1.807, 2.05) is 42.5 Å². The van der Waals surface area contributed by atoms with E-state index in [1.165, 1.54) is 0 Å². The van der Waals surface area contributed by atoms with Crippen molar-refractivity contribution < 1.29 is 0 Å². The fourth-order valence-electron chi connectivity index (χ4n) is 2.18. The number of imidazole rings is 1. The summed E-state index contributed by atoms with van der Waals surface area (Å²) in [7, 11) is 0. The molecule has 4 nitrogen and oxygen atoms in total. The van der Waals surface area contributed by atoms with Gasteiger partial charge in [0.2, 0.25) is 0 Å². The van der Waals surface area contributed by atoms with Crippen LogP contribution in [0.3, 0.4) is 0 Å². The number of nitriles is 2. The maximum Gasteiger partial charge on any atom is 0.169 e. The van der Waals surface area contributed by atoms with Crippen molar-refractivity contribution in [2.45, 2.75) is 11.7 Å². The number of thioether (sulfide) groups is 1. The normalized spacial score (nSPS) is 12.3. The number of allylic oxidation sites excluding steroid dienone is 1. The van der Waals surface area contributed by atoms with Crippen LogP contribution in [0.1, 0.15) is 5.69 Å². The van der Waals surface area contributed by atoms with Crippen LogP contribution in [-0.4, -0.2) is 15.3 Å². The van der Waals surface area contributed by atoms with E-state index in [2.05, 4.69) is 9.55 Å². The third-order valence-corrected chi connectivity index (χ3v) is 4.04. The SMILES string of the molecule is N#CC(C#N)=Cc1c(-c2ccccc2)nc2n1CCS2.